The third-order valence-corrected chi connectivity index (χ3v) is 6.57. The van der Waals surface area contributed by atoms with Crippen molar-refractivity contribution in [3.8, 4) is 39.5 Å². The Morgan fingerprint density at radius 3 is 1.60 bits per heavy atom. The van der Waals surface area contributed by atoms with Crippen LogP contribution in [0, 0.1) is 0 Å². The molecule has 0 bridgehead atoms. The predicted molar refractivity (Wildman–Crippen MR) is 171 cm³/mol. The van der Waals surface area contributed by atoms with E-state index in [0.717, 1.165) is 53.2 Å². The van der Waals surface area contributed by atoms with Gasteiger partial charge in [-0.05, 0) is 83.6 Å². The molecule has 230 valence electrons. The Bertz CT molecular complexity index is 1570. The molecule has 0 spiro atoms. The van der Waals surface area contributed by atoms with Crippen LogP contribution in [0.25, 0.3) is 22.3 Å². The Morgan fingerprint density at radius 2 is 1.04 bits per heavy atom. The van der Waals surface area contributed by atoms with Gasteiger partial charge in [-0.2, -0.15) is 0 Å². The summed E-state index contributed by atoms with van der Waals surface area (Å²) in [6, 6.07) is 29.9. The van der Waals surface area contributed by atoms with Crippen LogP contribution >= 0.6 is 0 Å². The predicted octanol–water partition coefficient (Wildman–Crippen LogP) is 7.58. The van der Waals surface area contributed by atoms with Gasteiger partial charge in [0.05, 0.1) is 38.1 Å². The van der Waals surface area contributed by atoms with Gasteiger partial charge >= 0.3 is 17.9 Å². The van der Waals surface area contributed by atoms with Crippen molar-refractivity contribution in [1.29, 1.82) is 0 Å². The SMILES string of the molecule is C=COC(=O)CCOc1ccc(OC(=O)c2ccc(-c3ccc(-c4ccc(OCCCCOC(=O)C=C)cc4)cc3)cc2)cc1. The Kier molecular flexibility index (Phi) is 12.1. The van der Waals surface area contributed by atoms with Crippen molar-refractivity contribution in [2.45, 2.75) is 19.3 Å². The van der Waals surface area contributed by atoms with E-state index in [-0.39, 0.29) is 13.0 Å². The molecule has 0 aliphatic heterocycles. The Morgan fingerprint density at radius 1 is 0.578 bits per heavy atom. The summed E-state index contributed by atoms with van der Waals surface area (Å²) in [6.07, 6.45) is 3.83. The van der Waals surface area contributed by atoms with Crippen LogP contribution in [0.5, 0.6) is 17.2 Å². The highest BCUT2D eigenvalue weighted by molar-refractivity contribution is 5.91. The normalized spacial score (nSPS) is 10.3. The fourth-order valence-electron chi connectivity index (χ4n) is 4.20. The number of carbonyl (C=O) groups is 3. The molecule has 0 amide bonds. The highest BCUT2D eigenvalue weighted by Crippen LogP contribution is 2.27. The van der Waals surface area contributed by atoms with E-state index in [1.807, 2.05) is 48.5 Å². The number of benzene rings is 4. The van der Waals surface area contributed by atoms with Crippen molar-refractivity contribution >= 4 is 17.9 Å². The maximum atomic E-state index is 12.7. The molecule has 0 heterocycles. The molecule has 8 heteroatoms. The van der Waals surface area contributed by atoms with Gasteiger partial charge in [0.25, 0.3) is 0 Å². The van der Waals surface area contributed by atoms with E-state index in [1.54, 1.807) is 36.4 Å². The lowest BCUT2D eigenvalue weighted by molar-refractivity contribution is -0.139. The van der Waals surface area contributed by atoms with Crippen LogP contribution in [-0.4, -0.2) is 37.7 Å². The Balaban J connectivity index is 1.24. The Hall–Kier alpha value is -5.63. The van der Waals surface area contributed by atoms with E-state index in [1.165, 1.54) is 0 Å². The summed E-state index contributed by atoms with van der Waals surface area (Å²) in [5.41, 5.74) is 4.55. The van der Waals surface area contributed by atoms with Gasteiger partial charge < -0.3 is 23.7 Å². The summed E-state index contributed by atoms with van der Waals surface area (Å²) >= 11 is 0. The molecule has 0 saturated heterocycles. The number of hydrogen-bond donors (Lipinski definition) is 0. The minimum Gasteiger partial charge on any atom is -0.494 e. The number of unbranched alkanes of at least 4 members (excludes halogenated alkanes) is 1. The molecule has 0 aliphatic carbocycles. The second-order valence-corrected chi connectivity index (χ2v) is 9.72. The molecule has 4 aromatic carbocycles. The molecule has 0 aliphatic rings. The van der Waals surface area contributed by atoms with Gasteiger partial charge in [-0.25, -0.2) is 9.59 Å². The molecule has 0 fully saturated rings. The van der Waals surface area contributed by atoms with E-state index < -0.39 is 17.9 Å². The molecule has 0 unspecified atom stereocenters. The summed E-state index contributed by atoms with van der Waals surface area (Å²) in [6.45, 7) is 7.75. The molecule has 0 aromatic heterocycles. The minimum absolute atomic E-state index is 0.0919. The van der Waals surface area contributed by atoms with Crippen molar-refractivity contribution in [3.05, 3.63) is 128 Å². The largest absolute Gasteiger partial charge is 0.494 e. The standard InChI is InChI=1S/C37H34O8/c1-3-35(38)44-25-6-5-24-42-32-17-15-30(16-18-32)28-9-7-27(8-10-28)29-11-13-31(14-12-29)37(40)45-34-21-19-33(20-22-34)43-26-23-36(39)41-4-2/h3-4,7-22H,1-2,5-6,23-26H2. The lowest BCUT2D eigenvalue weighted by Crippen LogP contribution is -2.08. The zero-order chi connectivity index (χ0) is 31.9. The summed E-state index contributed by atoms with van der Waals surface area (Å²) in [5, 5.41) is 0. The average Bonchev–Trinajstić information content (AvgIpc) is 3.07. The second kappa shape index (κ2) is 16.9. The maximum absolute atomic E-state index is 12.7. The van der Waals surface area contributed by atoms with E-state index in [2.05, 4.69) is 30.0 Å². The fraction of sp³-hybridized carbons (Fsp3) is 0.162. The first-order valence-electron chi connectivity index (χ1n) is 14.4. The number of esters is 3. The minimum atomic E-state index is -0.473. The number of ether oxygens (including phenoxy) is 5. The number of rotatable bonds is 16. The second-order valence-electron chi connectivity index (χ2n) is 9.72. The van der Waals surface area contributed by atoms with Gasteiger partial charge in [0, 0.05) is 6.08 Å². The molecule has 45 heavy (non-hydrogen) atoms. The van der Waals surface area contributed by atoms with Crippen LogP contribution in [0.3, 0.4) is 0 Å². The zero-order valence-corrected chi connectivity index (χ0v) is 24.8. The van der Waals surface area contributed by atoms with Crippen LogP contribution in [0.1, 0.15) is 29.6 Å². The van der Waals surface area contributed by atoms with Crippen molar-refractivity contribution < 1.29 is 38.1 Å². The molecular formula is C37H34O8. The van der Waals surface area contributed by atoms with Crippen molar-refractivity contribution in [2.75, 3.05) is 19.8 Å². The quantitative estimate of drug-likeness (QED) is 0.0423. The molecular weight excluding hydrogens is 572 g/mol. The third-order valence-electron chi connectivity index (χ3n) is 6.57. The fourth-order valence-corrected chi connectivity index (χ4v) is 4.20. The highest BCUT2D eigenvalue weighted by Gasteiger charge is 2.10. The first-order valence-corrected chi connectivity index (χ1v) is 14.4. The van der Waals surface area contributed by atoms with E-state index in [0.29, 0.717) is 30.3 Å². The highest BCUT2D eigenvalue weighted by atomic mass is 16.5. The van der Waals surface area contributed by atoms with Crippen LogP contribution in [0.15, 0.2) is 123 Å². The van der Waals surface area contributed by atoms with Crippen molar-refractivity contribution in [1.82, 2.24) is 0 Å². The first kappa shape index (κ1) is 32.3. The molecule has 8 nitrogen and oxygen atoms in total. The third kappa shape index (κ3) is 10.2. The lowest BCUT2D eigenvalue weighted by Gasteiger charge is -2.09. The van der Waals surface area contributed by atoms with Crippen molar-refractivity contribution in [3.63, 3.8) is 0 Å². The van der Waals surface area contributed by atoms with Gasteiger partial charge in [-0.3, -0.25) is 4.79 Å². The Labute approximate surface area is 262 Å². The first-order chi connectivity index (χ1) is 21.9. The van der Waals surface area contributed by atoms with Gasteiger partial charge in [0.1, 0.15) is 17.2 Å². The topological polar surface area (TPSA) is 97.4 Å². The van der Waals surface area contributed by atoms with Crippen LogP contribution in [-0.2, 0) is 19.1 Å². The maximum Gasteiger partial charge on any atom is 0.343 e. The molecule has 0 N–H and O–H groups in total. The zero-order valence-electron chi connectivity index (χ0n) is 24.8. The van der Waals surface area contributed by atoms with Crippen molar-refractivity contribution in [2.24, 2.45) is 0 Å². The van der Waals surface area contributed by atoms with Gasteiger partial charge in [0.2, 0.25) is 0 Å². The summed E-state index contributed by atoms with van der Waals surface area (Å²) in [7, 11) is 0. The van der Waals surface area contributed by atoms with Gasteiger partial charge in [-0.15, -0.1) is 0 Å². The molecule has 0 radical (unpaired) electrons. The van der Waals surface area contributed by atoms with E-state index in [4.69, 9.17) is 18.9 Å². The van der Waals surface area contributed by atoms with Gasteiger partial charge in [-0.1, -0.05) is 61.7 Å². The van der Waals surface area contributed by atoms with E-state index >= 15 is 0 Å². The summed E-state index contributed by atoms with van der Waals surface area (Å²) in [4.78, 5) is 35.1. The number of carbonyl (C=O) groups excluding carboxylic acids is 3. The molecule has 0 saturated carbocycles. The summed E-state index contributed by atoms with van der Waals surface area (Å²) < 4.78 is 26.4. The molecule has 4 aromatic rings. The van der Waals surface area contributed by atoms with Gasteiger partial charge in [0.15, 0.2) is 0 Å². The van der Waals surface area contributed by atoms with Crippen LogP contribution in [0.4, 0.5) is 0 Å². The lowest BCUT2D eigenvalue weighted by atomic mass is 9.99. The average molecular weight is 607 g/mol. The monoisotopic (exact) mass is 606 g/mol. The molecule has 4 rings (SSSR count). The van der Waals surface area contributed by atoms with Crippen LogP contribution in [0.2, 0.25) is 0 Å². The number of hydrogen-bond acceptors (Lipinski definition) is 8. The van der Waals surface area contributed by atoms with Crippen LogP contribution < -0.4 is 14.2 Å². The smallest absolute Gasteiger partial charge is 0.343 e. The summed E-state index contributed by atoms with van der Waals surface area (Å²) in [5.74, 6) is 0.384. The molecule has 0 atom stereocenters. The van der Waals surface area contributed by atoms with E-state index in [9.17, 15) is 14.4 Å².